The van der Waals surface area contributed by atoms with Gasteiger partial charge in [-0.1, -0.05) is 26.3 Å². The van der Waals surface area contributed by atoms with Crippen molar-refractivity contribution in [2.24, 2.45) is 11.8 Å². The molecule has 4 heteroatoms. The summed E-state index contributed by atoms with van der Waals surface area (Å²) in [5.41, 5.74) is 0. The summed E-state index contributed by atoms with van der Waals surface area (Å²) in [5.74, 6) is 0.566. The number of hydrogen-bond acceptors (Lipinski definition) is 4. The Morgan fingerprint density at radius 2 is 1.78 bits per heavy atom. The van der Waals surface area contributed by atoms with Crippen molar-refractivity contribution in [2.75, 3.05) is 13.2 Å². The first-order chi connectivity index (χ1) is 8.61. The lowest BCUT2D eigenvalue weighted by Crippen LogP contribution is -2.19. The quantitative estimate of drug-likeness (QED) is 0.415. The molecule has 0 amide bonds. The summed E-state index contributed by atoms with van der Waals surface area (Å²) >= 11 is 0. The highest BCUT2D eigenvalue weighted by atomic mass is 16.6. The third-order valence-corrected chi connectivity index (χ3v) is 3.35. The Hall–Kier alpha value is -1.32. The fourth-order valence-corrected chi connectivity index (χ4v) is 2.18. The lowest BCUT2D eigenvalue weighted by atomic mass is 9.81. The van der Waals surface area contributed by atoms with Gasteiger partial charge in [0.05, 0.1) is 0 Å². The van der Waals surface area contributed by atoms with Crippen LogP contribution in [-0.2, 0) is 19.1 Å². The van der Waals surface area contributed by atoms with Crippen LogP contribution in [0.5, 0.6) is 0 Å². The first-order valence-electron chi connectivity index (χ1n) is 6.56. The molecule has 0 heterocycles. The second-order valence-corrected chi connectivity index (χ2v) is 4.92. The molecule has 18 heavy (non-hydrogen) atoms. The normalized spacial score (nSPS) is 23.2. The van der Waals surface area contributed by atoms with Crippen LogP contribution in [-0.4, -0.2) is 25.2 Å². The molecule has 0 aromatic carbocycles. The van der Waals surface area contributed by atoms with Crippen molar-refractivity contribution >= 4 is 11.9 Å². The molecule has 0 spiro atoms. The summed E-state index contributed by atoms with van der Waals surface area (Å²) in [5, 5.41) is 0. The smallest absolute Gasteiger partial charge is 0.330 e. The van der Waals surface area contributed by atoms with Gasteiger partial charge in [0.1, 0.15) is 13.2 Å². The van der Waals surface area contributed by atoms with Gasteiger partial charge in [0, 0.05) is 12.5 Å². The van der Waals surface area contributed by atoms with E-state index in [1.54, 1.807) is 0 Å². The number of carbonyl (C=O) groups excluding carboxylic acids is 2. The van der Waals surface area contributed by atoms with Crippen molar-refractivity contribution in [3.63, 3.8) is 0 Å². The van der Waals surface area contributed by atoms with E-state index in [1.807, 2.05) is 0 Å². The average Bonchev–Trinajstić information content (AvgIpc) is 2.37. The number of ether oxygens (including phenoxy) is 2. The van der Waals surface area contributed by atoms with Crippen LogP contribution in [0.4, 0.5) is 0 Å². The second-order valence-electron chi connectivity index (χ2n) is 4.92. The molecule has 1 rings (SSSR count). The van der Waals surface area contributed by atoms with Gasteiger partial charge in [-0.15, -0.1) is 0 Å². The summed E-state index contributed by atoms with van der Waals surface area (Å²) in [6, 6.07) is 0. The van der Waals surface area contributed by atoms with Crippen LogP contribution in [0.2, 0.25) is 0 Å². The van der Waals surface area contributed by atoms with E-state index >= 15 is 0 Å². The molecule has 0 atom stereocenters. The topological polar surface area (TPSA) is 52.6 Å². The Morgan fingerprint density at radius 1 is 1.17 bits per heavy atom. The third kappa shape index (κ3) is 5.84. The van der Waals surface area contributed by atoms with Crippen molar-refractivity contribution in [3.8, 4) is 0 Å². The van der Waals surface area contributed by atoms with Crippen LogP contribution in [0.1, 0.15) is 39.0 Å². The predicted octanol–water partition coefficient (Wildman–Crippen LogP) is 2.48. The summed E-state index contributed by atoms with van der Waals surface area (Å²) in [6.07, 6.45) is 6.21. The minimum Gasteiger partial charge on any atom is -0.462 e. The monoisotopic (exact) mass is 254 g/mol. The summed E-state index contributed by atoms with van der Waals surface area (Å²) in [4.78, 5) is 22.2. The van der Waals surface area contributed by atoms with E-state index in [0.717, 1.165) is 24.8 Å². The van der Waals surface area contributed by atoms with Crippen LogP contribution in [0.15, 0.2) is 12.7 Å². The maximum atomic E-state index is 11.5. The van der Waals surface area contributed by atoms with E-state index in [2.05, 4.69) is 13.5 Å². The van der Waals surface area contributed by atoms with Gasteiger partial charge in [0.25, 0.3) is 0 Å². The van der Waals surface area contributed by atoms with E-state index in [-0.39, 0.29) is 19.2 Å². The summed E-state index contributed by atoms with van der Waals surface area (Å²) in [7, 11) is 0. The molecule has 0 aromatic heterocycles. The minimum absolute atomic E-state index is 0.0955. The molecule has 0 aliphatic heterocycles. The Bertz CT molecular complexity index is 290. The van der Waals surface area contributed by atoms with Crippen LogP contribution < -0.4 is 0 Å². The molecular weight excluding hydrogens is 232 g/mol. The van der Waals surface area contributed by atoms with Crippen LogP contribution in [0.3, 0.4) is 0 Å². The maximum absolute atomic E-state index is 11.5. The molecule has 1 saturated carbocycles. The lowest BCUT2D eigenvalue weighted by molar-refractivity contribution is -0.150. The summed E-state index contributed by atoms with van der Waals surface area (Å²) < 4.78 is 9.73. The van der Waals surface area contributed by atoms with Gasteiger partial charge in [0.15, 0.2) is 0 Å². The zero-order valence-corrected chi connectivity index (χ0v) is 11.0. The molecule has 1 aliphatic carbocycles. The minimum atomic E-state index is -0.493. The Labute approximate surface area is 108 Å². The van der Waals surface area contributed by atoms with Crippen molar-refractivity contribution in [1.82, 2.24) is 0 Å². The van der Waals surface area contributed by atoms with Crippen LogP contribution in [0.25, 0.3) is 0 Å². The molecule has 4 nitrogen and oxygen atoms in total. The molecule has 0 aromatic rings. The Balaban J connectivity index is 2.06. The molecule has 1 fully saturated rings. The van der Waals surface area contributed by atoms with Crippen molar-refractivity contribution in [2.45, 2.75) is 39.0 Å². The third-order valence-electron chi connectivity index (χ3n) is 3.35. The van der Waals surface area contributed by atoms with Gasteiger partial charge in [-0.3, -0.25) is 4.79 Å². The number of esters is 2. The van der Waals surface area contributed by atoms with Gasteiger partial charge < -0.3 is 9.47 Å². The first-order valence-corrected chi connectivity index (χ1v) is 6.56. The molecule has 0 bridgehead atoms. The lowest BCUT2D eigenvalue weighted by Gasteiger charge is -2.25. The van der Waals surface area contributed by atoms with Crippen molar-refractivity contribution < 1.29 is 19.1 Å². The Kier molecular flexibility index (Phi) is 6.47. The van der Waals surface area contributed by atoms with E-state index in [1.165, 1.54) is 12.8 Å². The second kappa shape index (κ2) is 7.90. The predicted molar refractivity (Wildman–Crippen MR) is 67.9 cm³/mol. The SMILES string of the molecule is C=CC(=O)OCCOC(=O)CC1CCC(C)CC1. The van der Waals surface area contributed by atoms with Crippen molar-refractivity contribution in [1.29, 1.82) is 0 Å². The molecule has 0 saturated heterocycles. The largest absolute Gasteiger partial charge is 0.462 e. The number of rotatable bonds is 6. The van der Waals surface area contributed by atoms with Gasteiger partial charge >= 0.3 is 11.9 Å². The zero-order valence-electron chi connectivity index (χ0n) is 11.0. The fourth-order valence-electron chi connectivity index (χ4n) is 2.18. The molecule has 0 unspecified atom stereocenters. The Morgan fingerprint density at radius 3 is 2.39 bits per heavy atom. The fraction of sp³-hybridized carbons (Fsp3) is 0.714. The number of hydrogen-bond donors (Lipinski definition) is 0. The average molecular weight is 254 g/mol. The van der Waals surface area contributed by atoms with E-state index in [9.17, 15) is 9.59 Å². The van der Waals surface area contributed by atoms with Crippen molar-refractivity contribution in [3.05, 3.63) is 12.7 Å². The molecule has 102 valence electrons. The summed E-state index contributed by atoms with van der Waals surface area (Å²) in [6.45, 7) is 5.75. The van der Waals surface area contributed by atoms with E-state index in [0.29, 0.717) is 12.3 Å². The molecule has 0 radical (unpaired) electrons. The maximum Gasteiger partial charge on any atom is 0.330 e. The molecule has 0 N–H and O–H groups in total. The first kappa shape index (κ1) is 14.7. The van der Waals surface area contributed by atoms with Gasteiger partial charge in [0.2, 0.25) is 0 Å². The highest BCUT2D eigenvalue weighted by Crippen LogP contribution is 2.30. The van der Waals surface area contributed by atoms with Crippen LogP contribution in [0, 0.1) is 11.8 Å². The zero-order chi connectivity index (χ0) is 13.4. The van der Waals surface area contributed by atoms with Gasteiger partial charge in [-0.2, -0.15) is 0 Å². The van der Waals surface area contributed by atoms with Crippen LogP contribution >= 0.6 is 0 Å². The highest BCUT2D eigenvalue weighted by molar-refractivity contribution is 5.81. The van der Waals surface area contributed by atoms with Gasteiger partial charge in [-0.25, -0.2) is 4.79 Å². The molecular formula is C14H22O4. The molecule has 1 aliphatic rings. The van der Waals surface area contributed by atoms with Gasteiger partial charge in [-0.05, 0) is 24.7 Å². The van der Waals surface area contributed by atoms with E-state index < -0.39 is 5.97 Å². The standard InChI is InChI=1S/C14H22O4/c1-3-13(15)17-8-9-18-14(16)10-12-6-4-11(2)5-7-12/h3,11-12H,1,4-10H2,2H3. The highest BCUT2D eigenvalue weighted by Gasteiger charge is 2.21. The van der Waals surface area contributed by atoms with E-state index in [4.69, 9.17) is 9.47 Å². The number of carbonyl (C=O) groups is 2.